The molecule has 1 aromatic rings. The summed E-state index contributed by atoms with van der Waals surface area (Å²) >= 11 is 0. The Labute approximate surface area is 97.2 Å². The lowest BCUT2D eigenvalue weighted by atomic mass is 9.94. The Hall–Kier alpha value is -1.35. The largest absolute Gasteiger partial charge is 0.398 e. The maximum Gasteiger partial charge on any atom is 0.177 e. The molecule has 0 amide bonds. The Morgan fingerprint density at radius 2 is 1.81 bits per heavy atom. The molecule has 16 heavy (non-hydrogen) atoms. The molecule has 88 valence electrons. The fourth-order valence-electron chi connectivity index (χ4n) is 2.00. The van der Waals surface area contributed by atoms with Crippen LogP contribution in [0.1, 0.15) is 27.0 Å². The van der Waals surface area contributed by atoms with Crippen LogP contribution in [0.3, 0.4) is 0 Å². The molecular weight excluding hydrogens is 200 g/mol. The van der Waals surface area contributed by atoms with Gasteiger partial charge in [0.2, 0.25) is 0 Å². The minimum absolute atomic E-state index is 0.131. The van der Waals surface area contributed by atoms with E-state index in [1.807, 2.05) is 45.8 Å². The molecule has 0 aliphatic carbocycles. The first-order valence-electron chi connectivity index (χ1n) is 5.38. The van der Waals surface area contributed by atoms with Crippen molar-refractivity contribution in [1.29, 1.82) is 0 Å². The van der Waals surface area contributed by atoms with Crippen molar-refractivity contribution in [3.8, 4) is 0 Å². The normalized spacial score (nSPS) is 10.9. The summed E-state index contributed by atoms with van der Waals surface area (Å²) in [5.41, 5.74) is 10.4. The summed E-state index contributed by atoms with van der Waals surface area (Å²) in [6, 6.07) is 1.98. The highest BCUT2D eigenvalue weighted by Crippen LogP contribution is 2.24. The van der Waals surface area contributed by atoms with E-state index in [-0.39, 0.29) is 5.78 Å². The van der Waals surface area contributed by atoms with E-state index in [2.05, 4.69) is 0 Å². The van der Waals surface area contributed by atoms with Gasteiger partial charge in [-0.1, -0.05) is 6.07 Å². The van der Waals surface area contributed by atoms with Gasteiger partial charge in [0.1, 0.15) is 0 Å². The third-order valence-corrected chi connectivity index (χ3v) is 2.77. The van der Waals surface area contributed by atoms with E-state index in [9.17, 15) is 4.79 Å². The average Bonchev–Trinajstić information content (AvgIpc) is 2.13. The molecule has 0 saturated heterocycles. The quantitative estimate of drug-likeness (QED) is 0.625. The second-order valence-electron chi connectivity index (χ2n) is 4.58. The SMILES string of the molecule is Cc1cc(C)c(C(=O)CN(C)C)c(C)c1N. The third-order valence-electron chi connectivity index (χ3n) is 2.77. The average molecular weight is 220 g/mol. The monoisotopic (exact) mass is 220 g/mol. The summed E-state index contributed by atoms with van der Waals surface area (Å²) < 4.78 is 0. The smallest absolute Gasteiger partial charge is 0.177 e. The van der Waals surface area contributed by atoms with Crippen LogP contribution in [0, 0.1) is 20.8 Å². The van der Waals surface area contributed by atoms with Gasteiger partial charge in [-0.15, -0.1) is 0 Å². The Balaban J connectivity index is 3.24. The Kier molecular flexibility index (Phi) is 3.70. The van der Waals surface area contributed by atoms with Gasteiger partial charge in [0.15, 0.2) is 5.78 Å². The van der Waals surface area contributed by atoms with Crippen molar-refractivity contribution >= 4 is 11.5 Å². The van der Waals surface area contributed by atoms with Crippen LogP contribution in [0.15, 0.2) is 6.07 Å². The maximum absolute atomic E-state index is 12.1. The summed E-state index contributed by atoms with van der Waals surface area (Å²) in [5, 5.41) is 0. The minimum atomic E-state index is 0.131. The van der Waals surface area contributed by atoms with Crippen molar-refractivity contribution in [1.82, 2.24) is 4.90 Å². The number of nitrogens with two attached hydrogens (primary N) is 1. The number of anilines is 1. The van der Waals surface area contributed by atoms with Crippen LogP contribution >= 0.6 is 0 Å². The number of likely N-dealkylation sites (N-methyl/N-ethyl adjacent to an activating group) is 1. The van der Waals surface area contributed by atoms with Crippen molar-refractivity contribution in [2.75, 3.05) is 26.4 Å². The number of hydrogen-bond donors (Lipinski definition) is 1. The standard InChI is InChI=1S/C13H20N2O/c1-8-6-9(2)13(14)10(3)12(8)11(16)7-15(4)5/h6H,7,14H2,1-5H3. The number of nitrogen functional groups attached to an aromatic ring is 1. The number of hydrogen-bond acceptors (Lipinski definition) is 3. The summed E-state index contributed by atoms with van der Waals surface area (Å²) in [6.07, 6.45) is 0. The highest BCUT2D eigenvalue weighted by Gasteiger charge is 2.16. The summed E-state index contributed by atoms with van der Waals surface area (Å²) in [7, 11) is 3.78. The molecule has 0 radical (unpaired) electrons. The fourth-order valence-corrected chi connectivity index (χ4v) is 2.00. The van der Waals surface area contributed by atoms with Gasteiger partial charge in [-0.3, -0.25) is 4.79 Å². The van der Waals surface area contributed by atoms with Crippen LogP contribution in [0.4, 0.5) is 5.69 Å². The minimum Gasteiger partial charge on any atom is -0.398 e. The lowest BCUT2D eigenvalue weighted by Gasteiger charge is -2.15. The number of carbonyl (C=O) groups is 1. The number of nitrogens with zero attached hydrogens (tertiary/aromatic N) is 1. The van der Waals surface area contributed by atoms with E-state index < -0.39 is 0 Å². The molecule has 0 atom stereocenters. The summed E-state index contributed by atoms with van der Waals surface area (Å²) in [6.45, 7) is 6.26. The molecular formula is C13H20N2O. The number of benzene rings is 1. The van der Waals surface area contributed by atoms with E-state index in [1.54, 1.807) is 0 Å². The summed E-state index contributed by atoms with van der Waals surface area (Å²) in [4.78, 5) is 13.9. The predicted octanol–water partition coefficient (Wildman–Crippen LogP) is 1.94. The molecule has 0 aromatic heterocycles. The predicted molar refractivity (Wildman–Crippen MR) is 67.9 cm³/mol. The first-order chi connectivity index (χ1) is 7.34. The molecule has 3 nitrogen and oxygen atoms in total. The molecule has 3 heteroatoms. The molecule has 0 bridgehead atoms. The molecule has 0 spiro atoms. The van der Waals surface area contributed by atoms with Crippen LogP contribution in [0.5, 0.6) is 0 Å². The van der Waals surface area contributed by atoms with Gasteiger partial charge >= 0.3 is 0 Å². The number of aryl methyl sites for hydroxylation is 2. The van der Waals surface area contributed by atoms with Crippen molar-refractivity contribution < 1.29 is 4.79 Å². The van der Waals surface area contributed by atoms with Gasteiger partial charge in [0, 0.05) is 11.3 Å². The lowest BCUT2D eigenvalue weighted by molar-refractivity contribution is 0.0956. The molecule has 0 fully saturated rings. The number of ketones is 1. The third kappa shape index (κ3) is 2.42. The second kappa shape index (κ2) is 4.66. The van der Waals surface area contributed by atoms with E-state index in [0.717, 1.165) is 27.9 Å². The number of Topliss-reactive ketones (excluding diaryl/α,β-unsaturated/α-hetero) is 1. The summed E-state index contributed by atoms with van der Waals surface area (Å²) in [5.74, 6) is 0.131. The Bertz CT molecular complexity index is 422. The lowest BCUT2D eigenvalue weighted by Crippen LogP contribution is -2.23. The molecule has 0 saturated carbocycles. The van der Waals surface area contributed by atoms with Gasteiger partial charge in [0.05, 0.1) is 6.54 Å². The number of carbonyl (C=O) groups excluding carboxylic acids is 1. The molecule has 0 aliphatic heterocycles. The van der Waals surface area contributed by atoms with Crippen LogP contribution < -0.4 is 5.73 Å². The molecule has 1 aromatic carbocycles. The van der Waals surface area contributed by atoms with Gasteiger partial charge in [-0.25, -0.2) is 0 Å². The van der Waals surface area contributed by atoms with Crippen molar-refractivity contribution in [2.24, 2.45) is 0 Å². The first kappa shape index (κ1) is 12.7. The zero-order valence-corrected chi connectivity index (χ0v) is 10.7. The van der Waals surface area contributed by atoms with Crippen LogP contribution in [0.2, 0.25) is 0 Å². The van der Waals surface area contributed by atoms with Crippen LogP contribution in [-0.4, -0.2) is 31.3 Å². The van der Waals surface area contributed by atoms with Crippen LogP contribution in [-0.2, 0) is 0 Å². The molecule has 1 rings (SSSR count). The van der Waals surface area contributed by atoms with E-state index >= 15 is 0 Å². The molecule has 2 N–H and O–H groups in total. The van der Waals surface area contributed by atoms with Gasteiger partial charge < -0.3 is 10.6 Å². The van der Waals surface area contributed by atoms with Gasteiger partial charge in [-0.2, -0.15) is 0 Å². The number of rotatable bonds is 3. The van der Waals surface area contributed by atoms with Gasteiger partial charge in [0.25, 0.3) is 0 Å². The molecule has 0 unspecified atom stereocenters. The van der Waals surface area contributed by atoms with E-state index in [1.165, 1.54) is 0 Å². The van der Waals surface area contributed by atoms with Gasteiger partial charge in [-0.05, 0) is 51.6 Å². The zero-order chi connectivity index (χ0) is 12.5. The van der Waals surface area contributed by atoms with E-state index in [4.69, 9.17) is 5.73 Å². The molecule has 0 heterocycles. The van der Waals surface area contributed by atoms with Crippen molar-refractivity contribution in [2.45, 2.75) is 20.8 Å². The van der Waals surface area contributed by atoms with Crippen LogP contribution in [0.25, 0.3) is 0 Å². The highest BCUT2D eigenvalue weighted by atomic mass is 16.1. The molecule has 0 aliphatic rings. The highest BCUT2D eigenvalue weighted by molar-refractivity contribution is 6.01. The fraction of sp³-hybridized carbons (Fsp3) is 0.462. The second-order valence-corrected chi connectivity index (χ2v) is 4.58. The topological polar surface area (TPSA) is 46.3 Å². The zero-order valence-electron chi connectivity index (χ0n) is 10.7. The van der Waals surface area contributed by atoms with Crippen molar-refractivity contribution in [3.63, 3.8) is 0 Å². The van der Waals surface area contributed by atoms with Crippen molar-refractivity contribution in [3.05, 3.63) is 28.3 Å². The first-order valence-corrected chi connectivity index (χ1v) is 5.38. The van der Waals surface area contributed by atoms with E-state index in [0.29, 0.717) is 6.54 Å². The Morgan fingerprint density at radius 1 is 1.25 bits per heavy atom. The maximum atomic E-state index is 12.1. The Morgan fingerprint density at radius 3 is 2.31 bits per heavy atom.